The predicted octanol–water partition coefficient (Wildman–Crippen LogP) is 3.77. The van der Waals surface area contributed by atoms with Crippen LogP contribution in [-0.4, -0.2) is 32.0 Å². The molecule has 0 unspecified atom stereocenters. The number of hydrogen-bond donors (Lipinski definition) is 3. The van der Waals surface area contributed by atoms with Crippen molar-refractivity contribution in [2.45, 2.75) is 13.0 Å². The van der Waals surface area contributed by atoms with Gasteiger partial charge in [0, 0.05) is 36.7 Å². The van der Waals surface area contributed by atoms with Crippen LogP contribution in [0.2, 0.25) is 10.0 Å². The second kappa shape index (κ2) is 12.8. The second-order valence-electron chi connectivity index (χ2n) is 5.74. The highest BCUT2D eigenvalue weighted by molar-refractivity contribution is 14.0. The molecule has 0 heterocycles. The smallest absolute Gasteiger partial charge is 0.224 e. The van der Waals surface area contributed by atoms with Gasteiger partial charge in [-0.25, -0.2) is 4.39 Å². The number of nitrogens with zero attached hydrogens (tertiary/aromatic N) is 1. The number of amides is 1. The molecule has 5 nitrogen and oxygen atoms in total. The number of halogens is 4. The van der Waals surface area contributed by atoms with Crippen LogP contribution in [-0.2, 0) is 17.8 Å². The third-order valence-corrected chi connectivity index (χ3v) is 4.29. The minimum atomic E-state index is -0.317. The van der Waals surface area contributed by atoms with Gasteiger partial charge in [-0.2, -0.15) is 0 Å². The van der Waals surface area contributed by atoms with Gasteiger partial charge in [0.1, 0.15) is 5.82 Å². The van der Waals surface area contributed by atoms with Gasteiger partial charge in [0.2, 0.25) is 5.91 Å². The lowest BCUT2D eigenvalue weighted by atomic mass is 10.1. The van der Waals surface area contributed by atoms with Crippen LogP contribution < -0.4 is 16.0 Å². The van der Waals surface area contributed by atoms with Crippen LogP contribution in [0.15, 0.2) is 47.5 Å². The van der Waals surface area contributed by atoms with Gasteiger partial charge in [0.25, 0.3) is 0 Å². The van der Waals surface area contributed by atoms with Gasteiger partial charge < -0.3 is 16.0 Å². The summed E-state index contributed by atoms with van der Waals surface area (Å²) in [5.74, 6) is 0.148. The number of nitrogens with one attached hydrogen (secondary N) is 3. The molecule has 152 valence electrons. The third-order valence-electron chi connectivity index (χ3n) is 3.70. The van der Waals surface area contributed by atoms with E-state index in [1.54, 1.807) is 31.3 Å². The zero-order chi connectivity index (χ0) is 19.6. The summed E-state index contributed by atoms with van der Waals surface area (Å²) in [6.07, 6.45) is 0.211. The molecule has 1 amide bonds. The summed E-state index contributed by atoms with van der Waals surface area (Å²) in [5.41, 5.74) is 1.66. The fraction of sp³-hybridized carbons (Fsp3) is 0.263. The Balaban J connectivity index is 0.00000392. The van der Waals surface area contributed by atoms with Crippen molar-refractivity contribution in [3.63, 3.8) is 0 Å². The van der Waals surface area contributed by atoms with Crippen molar-refractivity contribution < 1.29 is 9.18 Å². The Bertz CT molecular complexity index is 803. The summed E-state index contributed by atoms with van der Waals surface area (Å²) in [7, 11) is 1.66. The first-order valence-electron chi connectivity index (χ1n) is 8.37. The molecule has 0 radical (unpaired) electrons. The maximum atomic E-state index is 12.9. The van der Waals surface area contributed by atoms with E-state index in [1.165, 1.54) is 12.1 Å². The molecule has 0 aliphatic heterocycles. The minimum absolute atomic E-state index is 0. The Morgan fingerprint density at radius 1 is 1.04 bits per heavy atom. The summed E-state index contributed by atoms with van der Waals surface area (Å²) >= 11 is 12.0. The molecule has 0 spiro atoms. The van der Waals surface area contributed by atoms with Crippen molar-refractivity contribution in [3.8, 4) is 0 Å². The van der Waals surface area contributed by atoms with Gasteiger partial charge in [-0.1, -0.05) is 41.4 Å². The van der Waals surface area contributed by atoms with Gasteiger partial charge in [0.05, 0.1) is 6.42 Å². The first-order valence-corrected chi connectivity index (χ1v) is 9.13. The van der Waals surface area contributed by atoms with Crippen molar-refractivity contribution in [1.29, 1.82) is 0 Å². The van der Waals surface area contributed by atoms with Crippen LogP contribution in [0.5, 0.6) is 0 Å². The van der Waals surface area contributed by atoms with E-state index in [2.05, 4.69) is 20.9 Å². The molecule has 0 aliphatic rings. The highest BCUT2D eigenvalue weighted by Gasteiger charge is 2.05. The summed E-state index contributed by atoms with van der Waals surface area (Å²) in [6.45, 7) is 1.43. The Morgan fingerprint density at radius 2 is 1.71 bits per heavy atom. The number of carbonyl (C=O) groups is 1. The van der Waals surface area contributed by atoms with Gasteiger partial charge in [-0.3, -0.25) is 9.79 Å². The molecule has 0 bridgehead atoms. The monoisotopic (exact) mass is 538 g/mol. The number of guanidine groups is 1. The highest BCUT2D eigenvalue weighted by atomic mass is 127. The molecule has 9 heteroatoms. The van der Waals surface area contributed by atoms with Crippen LogP contribution in [0, 0.1) is 5.82 Å². The van der Waals surface area contributed by atoms with Crippen molar-refractivity contribution >= 4 is 59.0 Å². The largest absolute Gasteiger partial charge is 0.355 e. The molecule has 0 aliphatic carbocycles. The summed E-state index contributed by atoms with van der Waals surface area (Å²) < 4.78 is 12.9. The quantitative estimate of drug-likeness (QED) is 0.217. The normalized spacial score (nSPS) is 10.8. The van der Waals surface area contributed by atoms with Crippen molar-refractivity contribution in [2.24, 2.45) is 4.99 Å². The maximum absolute atomic E-state index is 12.9. The lowest BCUT2D eigenvalue weighted by Crippen LogP contribution is -2.41. The van der Waals surface area contributed by atoms with Crippen LogP contribution in [0.25, 0.3) is 0 Å². The SMILES string of the molecule is CN=C(NCCNC(=O)Cc1ccc(F)cc1)NCc1ccc(Cl)cc1Cl.I. The van der Waals surface area contributed by atoms with E-state index in [0.29, 0.717) is 35.6 Å². The van der Waals surface area contributed by atoms with Crippen LogP contribution in [0.4, 0.5) is 4.39 Å². The maximum Gasteiger partial charge on any atom is 0.224 e. The molecule has 0 aromatic heterocycles. The van der Waals surface area contributed by atoms with Crippen molar-refractivity contribution in [3.05, 3.63) is 69.5 Å². The number of hydrogen-bond acceptors (Lipinski definition) is 2. The topological polar surface area (TPSA) is 65.5 Å². The first kappa shape index (κ1) is 24.5. The summed E-state index contributed by atoms with van der Waals surface area (Å²) in [4.78, 5) is 16.0. The lowest BCUT2D eigenvalue weighted by Gasteiger charge is -2.13. The fourth-order valence-corrected chi connectivity index (χ4v) is 2.77. The van der Waals surface area contributed by atoms with Crippen LogP contribution in [0.1, 0.15) is 11.1 Å². The third kappa shape index (κ3) is 8.62. The van der Waals surface area contributed by atoms with E-state index in [-0.39, 0.29) is 42.1 Å². The number of benzene rings is 2. The molecule has 0 atom stereocenters. The molecule has 2 aromatic carbocycles. The Kier molecular flexibility index (Phi) is 11.2. The Labute approximate surface area is 191 Å². The zero-order valence-corrected chi connectivity index (χ0v) is 19.1. The van der Waals surface area contributed by atoms with Crippen molar-refractivity contribution in [2.75, 3.05) is 20.1 Å². The second-order valence-corrected chi connectivity index (χ2v) is 6.59. The van der Waals surface area contributed by atoms with Gasteiger partial charge in [-0.05, 0) is 35.4 Å². The summed E-state index contributed by atoms with van der Waals surface area (Å²) in [6, 6.07) is 11.2. The zero-order valence-electron chi connectivity index (χ0n) is 15.3. The predicted molar refractivity (Wildman–Crippen MR) is 123 cm³/mol. The van der Waals surface area contributed by atoms with Gasteiger partial charge in [0.15, 0.2) is 5.96 Å². The minimum Gasteiger partial charge on any atom is -0.355 e. The molecule has 0 fully saturated rings. The van der Waals surface area contributed by atoms with E-state index in [0.717, 1.165) is 11.1 Å². The van der Waals surface area contributed by atoms with E-state index < -0.39 is 0 Å². The Hall–Kier alpha value is -1.58. The standard InChI is InChI=1S/C19H21Cl2FN4O.HI/c1-23-19(26-12-14-4-5-15(20)11-17(14)21)25-9-8-24-18(27)10-13-2-6-16(22)7-3-13;/h2-7,11H,8-10,12H2,1H3,(H,24,27)(H2,23,25,26);1H. The van der Waals surface area contributed by atoms with E-state index in [1.807, 2.05) is 6.07 Å². The Morgan fingerprint density at radius 3 is 2.36 bits per heavy atom. The van der Waals surface area contributed by atoms with Crippen LogP contribution in [0.3, 0.4) is 0 Å². The van der Waals surface area contributed by atoms with Gasteiger partial charge in [-0.15, -0.1) is 24.0 Å². The molecule has 0 saturated carbocycles. The lowest BCUT2D eigenvalue weighted by molar-refractivity contribution is -0.120. The summed E-state index contributed by atoms with van der Waals surface area (Å²) in [5, 5.41) is 10.2. The van der Waals surface area contributed by atoms with E-state index >= 15 is 0 Å². The van der Waals surface area contributed by atoms with Gasteiger partial charge >= 0.3 is 0 Å². The fourth-order valence-electron chi connectivity index (χ4n) is 2.30. The number of rotatable bonds is 7. The van der Waals surface area contributed by atoms with Crippen LogP contribution >= 0.6 is 47.2 Å². The molecule has 0 saturated heterocycles. The molecule has 2 aromatic rings. The molecule has 2 rings (SSSR count). The number of carbonyl (C=O) groups excluding carboxylic acids is 1. The average Bonchev–Trinajstić information content (AvgIpc) is 2.64. The molecular weight excluding hydrogens is 517 g/mol. The first-order chi connectivity index (χ1) is 13.0. The highest BCUT2D eigenvalue weighted by Crippen LogP contribution is 2.20. The molecular formula is C19H22Cl2FIN4O. The number of aliphatic imine (C=N–C) groups is 1. The van der Waals surface area contributed by atoms with E-state index in [9.17, 15) is 9.18 Å². The van der Waals surface area contributed by atoms with E-state index in [4.69, 9.17) is 23.2 Å². The average molecular weight is 539 g/mol. The molecule has 28 heavy (non-hydrogen) atoms. The molecule has 3 N–H and O–H groups in total. The van der Waals surface area contributed by atoms with Crippen molar-refractivity contribution in [1.82, 2.24) is 16.0 Å².